The summed E-state index contributed by atoms with van der Waals surface area (Å²) in [6.45, 7) is 7.44. The highest BCUT2D eigenvalue weighted by molar-refractivity contribution is 8.01. The number of carboxylic acids is 1. The van der Waals surface area contributed by atoms with Crippen LogP contribution in [-0.2, 0) is 9.53 Å². The molecule has 0 spiro atoms. The molecule has 0 unspecified atom stereocenters. The maximum absolute atomic E-state index is 13.4. The van der Waals surface area contributed by atoms with E-state index in [1.807, 2.05) is 0 Å². The number of hydrogen-bond acceptors (Lipinski definition) is 7. The summed E-state index contributed by atoms with van der Waals surface area (Å²) < 4.78 is 5.92. The van der Waals surface area contributed by atoms with Gasteiger partial charge in [-0.05, 0) is 65.2 Å². The number of amides is 3. The minimum Gasteiger partial charge on any atom is -0.480 e. The Morgan fingerprint density at radius 2 is 1.78 bits per heavy atom. The number of thiazole rings is 1. The van der Waals surface area contributed by atoms with Crippen molar-refractivity contribution in [2.24, 2.45) is 5.92 Å². The van der Waals surface area contributed by atoms with Crippen LogP contribution in [0.4, 0.5) is 14.7 Å². The summed E-state index contributed by atoms with van der Waals surface area (Å²) in [4.78, 5) is 43.5. The van der Waals surface area contributed by atoms with Crippen molar-refractivity contribution in [3.8, 4) is 0 Å². The third kappa shape index (κ3) is 8.83. The number of hydrogen-bond donors (Lipinski definition) is 3. The van der Waals surface area contributed by atoms with Gasteiger partial charge in [0.1, 0.15) is 11.6 Å². The van der Waals surface area contributed by atoms with Crippen LogP contribution in [0, 0.1) is 5.92 Å². The molecule has 3 N–H and O–H groups in total. The van der Waals surface area contributed by atoms with E-state index in [4.69, 9.17) is 4.74 Å². The molecule has 0 saturated heterocycles. The molecule has 1 atom stereocenters. The Kier molecular flexibility index (Phi) is 10.3. The van der Waals surface area contributed by atoms with E-state index in [0.717, 1.165) is 61.5 Å². The zero-order chi connectivity index (χ0) is 26.3. The minimum atomic E-state index is -1.14. The molecule has 0 aliphatic heterocycles. The molecule has 2 fully saturated rings. The Labute approximate surface area is 222 Å². The van der Waals surface area contributed by atoms with Crippen molar-refractivity contribution in [3.05, 3.63) is 6.20 Å². The van der Waals surface area contributed by atoms with Gasteiger partial charge in [0.25, 0.3) is 0 Å². The zero-order valence-corrected chi connectivity index (χ0v) is 23.4. The Morgan fingerprint density at radius 3 is 2.39 bits per heavy atom. The summed E-state index contributed by atoms with van der Waals surface area (Å²) in [6, 6.07) is -0.641. The molecule has 0 radical (unpaired) electrons. The van der Waals surface area contributed by atoms with E-state index in [2.05, 4.69) is 27.4 Å². The molecule has 9 nitrogen and oxygen atoms in total. The Morgan fingerprint density at radius 1 is 1.14 bits per heavy atom. The van der Waals surface area contributed by atoms with Crippen molar-refractivity contribution in [3.63, 3.8) is 0 Å². The van der Waals surface area contributed by atoms with Gasteiger partial charge >= 0.3 is 18.1 Å². The Balaban J connectivity index is 1.58. The van der Waals surface area contributed by atoms with E-state index < -0.39 is 23.7 Å². The first-order valence-corrected chi connectivity index (χ1v) is 14.7. The summed E-state index contributed by atoms with van der Waals surface area (Å²) in [5, 5.41) is 15.4. The molecule has 1 aromatic rings. The molecule has 1 aromatic heterocycles. The average Bonchev–Trinajstić information content (AvgIpc) is 3.24. The van der Waals surface area contributed by atoms with Crippen molar-refractivity contribution in [2.45, 2.75) is 113 Å². The van der Waals surface area contributed by atoms with E-state index in [-0.39, 0.29) is 23.9 Å². The molecule has 0 aromatic carbocycles. The van der Waals surface area contributed by atoms with Crippen LogP contribution >= 0.6 is 23.1 Å². The second-order valence-corrected chi connectivity index (χ2v) is 13.2. The van der Waals surface area contributed by atoms with Crippen LogP contribution in [0.3, 0.4) is 0 Å². The predicted molar refractivity (Wildman–Crippen MR) is 143 cm³/mol. The van der Waals surface area contributed by atoms with Gasteiger partial charge in [0.15, 0.2) is 5.13 Å². The number of nitrogens with one attached hydrogen (secondary N) is 2. The van der Waals surface area contributed by atoms with Gasteiger partial charge in [0.05, 0.1) is 10.4 Å². The number of carbonyl (C=O) groups excluding carboxylic acids is 2. The molecular formula is C25H40N4O5S2. The number of carboxylic acid groups (broad SMARTS) is 1. The molecular weight excluding hydrogens is 500 g/mol. The summed E-state index contributed by atoms with van der Waals surface area (Å²) in [6.07, 6.45) is 10.9. The highest BCUT2D eigenvalue weighted by Crippen LogP contribution is 2.34. The SMILES string of the molecule is CC1CCC(N(C(=O)Nc2ncc(SC[C@@H](NC(=O)OC(C)(C)C)C(=O)O)s2)C2CCCCC2)CC1. The number of carbonyl (C=O) groups is 3. The van der Waals surface area contributed by atoms with Crippen molar-refractivity contribution in [1.82, 2.24) is 15.2 Å². The van der Waals surface area contributed by atoms with E-state index in [0.29, 0.717) is 5.13 Å². The standard InChI is InChI=1S/C25H40N4O5S2/c1-16-10-12-18(13-11-16)29(17-8-6-5-7-9-17)23(32)28-22-26-14-20(36-22)35-15-19(21(30)31)27-24(33)34-25(2,3)4/h14,16-19H,5-13,15H2,1-4H3,(H,27,33)(H,30,31)(H,26,28,32)/t16?,18?,19-/m1/s1. The van der Waals surface area contributed by atoms with Crippen LogP contribution in [0.5, 0.6) is 0 Å². The number of anilines is 1. The van der Waals surface area contributed by atoms with Gasteiger partial charge in [-0.25, -0.2) is 19.4 Å². The Hall–Kier alpha value is -2.01. The summed E-state index contributed by atoms with van der Waals surface area (Å²) >= 11 is 2.58. The molecule has 36 heavy (non-hydrogen) atoms. The monoisotopic (exact) mass is 540 g/mol. The first kappa shape index (κ1) is 28.6. The van der Waals surface area contributed by atoms with Crippen LogP contribution in [0.25, 0.3) is 0 Å². The number of aromatic nitrogens is 1. The maximum atomic E-state index is 13.4. The fourth-order valence-corrected chi connectivity index (χ4v) is 6.74. The fraction of sp³-hybridized carbons (Fsp3) is 0.760. The molecule has 2 saturated carbocycles. The third-order valence-corrected chi connectivity index (χ3v) is 8.86. The van der Waals surface area contributed by atoms with Crippen LogP contribution in [-0.4, -0.2) is 62.6 Å². The first-order chi connectivity index (χ1) is 17.0. The van der Waals surface area contributed by atoms with Crippen molar-refractivity contribution < 1.29 is 24.2 Å². The largest absolute Gasteiger partial charge is 0.480 e. The van der Waals surface area contributed by atoms with Gasteiger partial charge in [0.2, 0.25) is 0 Å². The topological polar surface area (TPSA) is 121 Å². The number of thioether (sulfide) groups is 1. The number of alkyl carbamates (subject to hydrolysis) is 1. The number of nitrogens with zero attached hydrogens (tertiary/aromatic N) is 2. The number of rotatable bonds is 8. The predicted octanol–water partition coefficient (Wildman–Crippen LogP) is 5.96. The van der Waals surface area contributed by atoms with E-state index >= 15 is 0 Å². The average molecular weight is 541 g/mol. The molecule has 0 bridgehead atoms. The number of urea groups is 1. The van der Waals surface area contributed by atoms with E-state index in [1.165, 1.54) is 29.5 Å². The molecule has 1 heterocycles. The van der Waals surface area contributed by atoms with Gasteiger partial charge < -0.3 is 20.1 Å². The van der Waals surface area contributed by atoms with Gasteiger partial charge in [-0.15, -0.1) is 11.8 Å². The quantitative estimate of drug-likeness (QED) is 0.348. The first-order valence-electron chi connectivity index (χ1n) is 12.9. The maximum Gasteiger partial charge on any atom is 0.408 e. The van der Waals surface area contributed by atoms with Crippen molar-refractivity contribution in [2.75, 3.05) is 11.1 Å². The molecule has 3 amide bonds. The number of ether oxygens (including phenoxy) is 1. The number of aliphatic carboxylic acids is 1. The van der Waals surface area contributed by atoms with Crippen LogP contribution in [0.2, 0.25) is 0 Å². The van der Waals surface area contributed by atoms with Crippen LogP contribution < -0.4 is 10.6 Å². The lowest BCUT2D eigenvalue weighted by Crippen LogP contribution is -2.51. The molecule has 3 rings (SSSR count). The second kappa shape index (κ2) is 13.0. The highest BCUT2D eigenvalue weighted by Gasteiger charge is 2.34. The van der Waals surface area contributed by atoms with Crippen LogP contribution in [0.15, 0.2) is 10.4 Å². The summed E-state index contributed by atoms with van der Waals surface area (Å²) in [5.41, 5.74) is -0.716. The molecule has 2 aliphatic carbocycles. The van der Waals surface area contributed by atoms with Gasteiger partial charge in [-0.1, -0.05) is 37.5 Å². The zero-order valence-electron chi connectivity index (χ0n) is 21.7. The van der Waals surface area contributed by atoms with Gasteiger partial charge in [0, 0.05) is 17.8 Å². The van der Waals surface area contributed by atoms with E-state index in [9.17, 15) is 19.5 Å². The van der Waals surface area contributed by atoms with Crippen molar-refractivity contribution >= 4 is 46.3 Å². The highest BCUT2D eigenvalue weighted by atomic mass is 32.2. The van der Waals surface area contributed by atoms with Gasteiger partial charge in [-0.2, -0.15) is 0 Å². The summed E-state index contributed by atoms with van der Waals surface area (Å²) in [7, 11) is 0. The normalized spacial score (nSPS) is 21.9. The van der Waals surface area contributed by atoms with E-state index in [1.54, 1.807) is 27.0 Å². The lowest BCUT2D eigenvalue weighted by atomic mass is 9.84. The lowest BCUT2D eigenvalue weighted by Gasteiger charge is -2.42. The third-order valence-electron chi connectivity index (χ3n) is 6.66. The van der Waals surface area contributed by atoms with Crippen molar-refractivity contribution in [1.29, 1.82) is 0 Å². The van der Waals surface area contributed by atoms with Crippen LogP contribution in [0.1, 0.15) is 85.5 Å². The molecule has 11 heteroatoms. The smallest absolute Gasteiger partial charge is 0.408 e. The minimum absolute atomic E-state index is 0.0812. The summed E-state index contributed by atoms with van der Waals surface area (Å²) in [5.74, 6) is -0.315. The Bertz CT molecular complexity index is 889. The van der Waals surface area contributed by atoms with Gasteiger partial charge in [-0.3, -0.25) is 5.32 Å². The fourth-order valence-electron chi connectivity index (χ4n) is 4.84. The second-order valence-electron chi connectivity index (χ2n) is 10.9. The molecule has 202 valence electrons. The molecule has 2 aliphatic rings. The lowest BCUT2D eigenvalue weighted by molar-refractivity contribution is -0.138.